The summed E-state index contributed by atoms with van der Waals surface area (Å²) in [5.74, 6) is 0. The summed E-state index contributed by atoms with van der Waals surface area (Å²) in [7, 11) is -0.123. The number of hydrogen-bond donors (Lipinski definition) is 1. The molecule has 0 atom stereocenters. The zero-order valence-electron chi connectivity index (χ0n) is 10.5. The first-order valence-corrected chi connectivity index (χ1v) is 7.10. The monoisotopic (exact) mass is 260 g/mol. The Kier molecular flexibility index (Phi) is 4.73. The van der Waals surface area contributed by atoms with Crippen LogP contribution >= 0.6 is 0 Å². The van der Waals surface area contributed by atoms with Crippen LogP contribution in [0.25, 0.3) is 0 Å². The van der Waals surface area contributed by atoms with Crippen molar-refractivity contribution in [3.8, 4) is 0 Å². The van der Waals surface area contributed by atoms with Crippen LogP contribution in [0.4, 0.5) is 0 Å². The van der Waals surface area contributed by atoms with Crippen LogP contribution < -0.4 is 0 Å². The standard InChI is InChI=1S/C11H20N2O3S/c1-4-5-6-13(3)17(15,16)11-7-10(9-14)12(2)8-11/h7-8,14H,4-6,9H2,1-3H3. The van der Waals surface area contributed by atoms with E-state index in [1.165, 1.54) is 16.6 Å². The zero-order valence-corrected chi connectivity index (χ0v) is 11.4. The molecule has 0 amide bonds. The van der Waals surface area contributed by atoms with Crippen LogP contribution in [-0.4, -0.2) is 36.0 Å². The summed E-state index contributed by atoms with van der Waals surface area (Å²) in [4.78, 5) is 0.239. The lowest BCUT2D eigenvalue weighted by Gasteiger charge is -2.15. The number of nitrogens with zero attached hydrogens (tertiary/aromatic N) is 2. The molecule has 1 heterocycles. The molecule has 0 saturated carbocycles. The highest BCUT2D eigenvalue weighted by atomic mass is 32.2. The fraction of sp³-hybridized carbons (Fsp3) is 0.636. The molecule has 0 saturated heterocycles. The number of hydrogen-bond acceptors (Lipinski definition) is 3. The van der Waals surface area contributed by atoms with E-state index >= 15 is 0 Å². The van der Waals surface area contributed by atoms with E-state index in [2.05, 4.69) is 0 Å². The molecule has 6 heteroatoms. The lowest BCUT2D eigenvalue weighted by Crippen LogP contribution is -2.27. The zero-order chi connectivity index (χ0) is 13.1. The fourth-order valence-electron chi connectivity index (χ4n) is 1.56. The van der Waals surface area contributed by atoms with Crippen molar-refractivity contribution in [3.63, 3.8) is 0 Å². The van der Waals surface area contributed by atoms with Crippen molar-refractivity contribution in [1.82, 2.24) is 8.87 Å². The first kappa shape index (κ1) is 14.2. The Hall–Kier alpha value is -0.850. The quantitative estimate of drug-likeness (QED) is 0.828. The van der Waals surface area contributed by atoms with Crippen LogP contribution in [0.2, 0.25) is 0 Å². The van der Waals surface area contributed by atoms with Gasteiger partial charge < -0.3 is 9.67 Å². The van der Waals surface area contributed by atoms with Gasteiger partial charge in [0, 0.05) is 32.5 Å². The third-order valence-corrected chi connectivity index (χ3v) is 4.60. The fourth-order valence-corrected chi connectivity index (χ4v) is 2.86. The minimum atomic E-state index is -3.42. The van der Waals surface area contributed by atoms with Gasteiger partial charge in [0.05, 0.1) is 6.61 Å². The maximum absolute atomic E-state index is 12.2. The lowest BCUT2D eigenvalue weighted by molar-refractivity contribution is 0.272. The number of sulfonamides is 1. The molecule has 0 aliphatic carbocycles. The van der Waals surface area contributed by atoms with Crippen molar-refractivity contribution in [1.29, 1.82) is 0 Å². The van der Waals surface area contributed by atoms with Crippen LogP contribution in [0.1, 0.15) is 25.5 Å². The second kappa shape index (κ2) is 5.66. The Morgan fingerprint density at radius 1 is 1.47 bits per heavy atom. The predicted octanol–water partition coefficient (Wildman–Crippen LogP) is 0.938. The third-order valence-electron chi connectivity index (χ3n) is 2.78. The SMILES string of the molecule is CCCCN(C)S(=O)(=O)c1cc(CO)n(C)c1. The van der Waals surface area contributed by atoms with Crippen LogP contribution in [0, 0.1) is 0 Å². The number of aliphatic hydroxyl groups excluding tert-OH is 1. The molecule has 0 aliphatic heterocycles. The average Bonchev–Trinajstić information content (AvgIpc) is 2.67. The molecule has 1 N–H and O–H groups in total. The van der Waals surface area contributed by atoms with Crippen LogP contribution in [0.3, 0.4) is 0 Å². The Bertz CT molecular complexity index is 465. The largest absolute Gasteiger partial charge is 0.390 e. The molecule has 1 aromatic rings. The molecule has 0 unspecified atom stereocenters. The molecule has 98 valence electrons. The van der Waals surface area contributed by atoms with Crippen molar-refractivity contribution in [2.45, 2.75) is 31.3 Å². The van der Waals surface area contributed by atoms with Crippen molar-refractivity contribution in [3.05, 3.63) is 18.0 Å². The minimum absolute atomic E-state index is 0.162. The van der Waals surface area contributed by atoms with Gasteiger partial charge in [0.25, 0.3) is 0 Å². The molecule has 17 heavy (non-hydrogen) atoms. The predicted molar refractivity (Wildman–Crippen MR) is 66.1 cm³/mol. The molecule has 0 bridgehead atoms. The number of aliphatic hydroxyl groups is 1. The summed E-state index contributed by atoms with van der Waals surface area (Å²) in [6.45, 7) is 2.37. The molecule has 1 aromatic heterocycles. The van der Waals surface area contributed by atoms with E-state index in [1.54, 1.807) is 18.7 Å². The molecule has 0 spiro atoms. The van der Waals surface area contributed by atoms with Crippen LogP contribution in [0.15, 0.2) is 17.2 Å². The number of unbranched alkanes of at least 4 members (excludes halogenated alkanes) is 1. The highest BCUT2D eigenvalue weighted by molar-refractivity contribution is 7.89. The molecule has 0 radical (unpaired) electrons. The summed E-state index contributed by atoms with van der Waals surface area (Å²) in [6.07, 6.45) is 3.33. The Morgan fingerprint density at radius 3 is 2.59 bits per heavy atom. The third kappa shape index (κ3) is 3.08. The van der Waals surface area contributed by atoms with Gasteiger partial charge in [0.2, 0.25) is 10.0 Å². The average molecular weight is 260 g/mol. The van der Waals surface area contributed by atoms with E-state index in [4.69, 9.17) is 5.11 Å². The summed E-state index contributed by atoms with van der Waals surface area (Å²) in [5.41, 5.74) is 0.590. The summed E-state index contributed by atoms with van der Waals surface area (Å²) >= 11 is 0. The van der Waals surface area contributed by atoms with Gasteiger partial charge in [-0.05, 0) is 12.5 Å². The van der Waals surface area contributed by atoms with Crippen molar-refractivity contribution < 1.29 is 13.5 Å². The van der Waals surface area contributed by atoms with E-state index in [0.717, 1.165) is 12.8 Å². The highest BCUT2D eigenvalue weighted by Crippen LogP contribution is 2.17. The van der Waals surface area contributed by atoms with E-state index < -0.39 is 10.0 Å². The Labute approximate surface area is 103 Å². The Morgan fingerprint density at radius 2 is 2.12 bits per heavy atom. The summed E-state index contributed by atoms with van der Waals surface area (Å²) in [5, 5.41) is 9.05. The molecular weight excluding hydrogens is 240 g/mol. The normalized spacial score (nSPS) is 12.3. The lowest BCUT2D eigenvalue weighted by atomic mass is 10.3. The van der Waals surface area contributed by atoms with Gasteiger partial charge in [-0.1, -0.05) is 13.3 Å². The van der Waals surface area contributed by atoms with Gasteiger partial charge in [0.1, 0.15) is 4.90 Å². The Balaban J connectivity index is 2.96. The number of aryl methyl sites for hydroxylation is 1. The molecule has 5 nitrogen and oxygen atoms in total. The molecule has 0 aliphatic rings. The maximum Gasteiger partial charge on any atom is 0.244 e. The van der Waals surface area contributed by atoms with Crippen LogP contribution in [-0.2, 0) is 23.7 Å². The summed E-state index contributed by atoms with van der Waals surface area (Å²) in [6, 6.07) is 1.51. The second-order valence-corrected chi connectivity index (χ2v) is 6.16. The van der Waals surface area contributed by atoms with Gasteiger partial charge in [-0.3, -0.25) is 0 Å². The van der Waals surface area contributed by atoms with E-state index in [-0.39, 0.29) is 11.5 Å². The number of aromatic nitrogens is 1. The molecule has 0 fully saturated rings. The topological polar surface area (TPSA) is 62.5 Å². The molecule has 0 aromatic carbocycles. The first-order chi connectivity index (χ1) is 7.93. The first-order valence-electron chi connectivity index (χ1n) is 5.66. The van der Waals surface area contributed by atoms with E-state index in [1.807, 2.05) is 6.92 Å². The maximum atomic E-state index is 12.2. The van der Waals surface area contributed by atoms with E-state index in [0.29, 0.717) is 12.2 Å². The van der Waals surface area contributed by atoms with Crippen LogP contribution in [0.5, 0.6) is 0 Å². The van der Waals surface area contributed by atoms with Gasteiger partial charge >= 0.3 is 0 Å². The molecular formula is C11H20N2O3S. The van der Waals surface area contributed by atoms with Crippen molar-refractivity contribution in [2.24, 2.45) is 7.05 Å². The van der Waals surface area contributed by atoms with E-state index in [9.17, 15) is 8.42 Å². The van der Waals surface area contributed by atoms with Gasteiger partial charge in [-0.15, -0.1) is 0 Å². The molecule has 1 rings (SSSR count). The smallest absolute Gasteiger partial charge is 0.244 e. The van der Waals surface area contributed by atoms with Crippen molar-refractivity contribution >= 4 is 10.0 Å². The van der Waals surface area contributed by atoms with Gasteiger partial charge in [-0.25, -0.2) is 12.7 Å². The second-order valence-electron chi connectivity index (χ2n) is 4.12. The van der Waals surface area contributed by atoms with Gasteiger partial charge in [-0.2, -0.15) is 0 Å². The minimum Gasteiger partial charge on any atom is -0.390 e. The van der Waals surface area contributed by atoms with Crippen molar-refractivity contribution in [2.75, 3.05) is 13.6 Å². The number of rotatable bonds is 6. The highest BCUT2D eigenvalue weighted by Gasteiger charge is 2.22. The van der Waals surface area contributed by atoms with Gasteiger partial charge in [0.15, 0.2) is 0 Å². The summed E-state index contributed by atoms with van der Waals surface area (Å²) < 4.78 is 27.3.